The van der Waals surface area contributed by atoms with E-state index in [1.165, 1.54) is 0 Å². The van der Waals surface area contributed by atoms with Crippen LogP contribution >= 0.6 is 0 Å². The number of oxime groups is 1. The van der Waals surface area contributed by atoms with Gasteiger partial charge in [-0.15, -0.1) is 0 Å². The Kier molecular flexibility index (Phi) is 5.83. The molecule has 0 radical (unpaired) electrons. The number of unbranched alkanes of at least 4 members (excludes halogenated alkanes) is 1. The minimum atomic E-state index is 0.553. The Bertz CT molecular complexity index is 562. The molecule has 1 N–H and O–H groups in total. The van der Waals surface area contributed by atoms with Crippen LogP contribution in [0.15, 0.2) is 59.8 Å². The van der Waals surface area contributed by atoms with Crippen molar-refractivity contribution in [2.75, 3.05) is 0 Å². The monoisotopic (exact) mass is 283 g/mol. The predicted molar refractivity (Wildman–Crippen MR) is 85.1 cm³/mol. The molecule has 0 saturated carbocycles. The first-order chi connectivity index (χ1) is 10.3. The van der Waals surface area contributed by atoms with E-state index in [2.05, 4.69) is 12.1 Å². The lowest BCUT2D eigenvalue weighted by Gasteiger charge is -2.08. The first-order valence-electron chi connectivity index (χ1n) is 7.31. The highest BCUT2D eigenvalue weighted by Gasteiger charge is 2.04. The molecule has 0 aliphatic heterocycles. The van der Waals surface area contributed by atoms with Gasteiger partial charge in [0.2, 0.25) is 0 Å². The van der Waals surface area contributed by atoms with Crippen LogP contribution in [0.5, 0.6) is 5.75 Å². The largest absolute Gasteiger partial charge is 0.489 e. The van der Waals surface area contributed by atoms with E-state index in [-0.39, 0.29) is 0 Å². The van der Waals surface area contributed by atoms with Gasteiger partial charge in [-0.2, -0.15) is 0 Å². The van der Waals surface area contributed by atoms with Gasteiger partial charge in [0.15, 0.2) is 0 Å². The number of ether oxygens (including phenoxy) is 1. The first kappa shape index (κ1) is 15.1. The molecule has 2 rings (SSSR count). The summed E-state index contributed by atoms with van der Waals surface area (Å²) in [6, 6.07) is 17.8. The van der Waals surface area contributed by atoms with E-state index in [0.717, 1.165) is 41.9 Å². The highest BCUT2D eigenvalue weighted by molar-refractivity contribution is 6.00. The molecule has 3 nitrogen and oxygen atoms in total. The maximum atomic E-state index is 9.08. The smallest absolute Gasteiger partial charge is 0.119 e. The van der Waals surface area contributed by atoms with Gasteiger partial charge in [0.1, 0.15) is 12.4 Å². The van der Waals surface area contributed by atoms with Gasteiger partial charge in [-0.3, -0.25) is 0 Å². The molecule has 2 aromatic carbocycles. The third kappa shape index (κ3) is 4.63. The lowest BCUT2D eigenvalue weighted by molar-refractivity contribution is 0.306. The molecule has 0 amide bonds. The average Bonchev–Trinajstić information content (AvgIpc) is 2.56. The summed E-state index contributed by atoms with van der Waals surface area (Å²) in [4.78, 5) is 0. The molecule has 0 aromatic heterocycles. The fourth-order valence-corrected chi connectivity index (χ4v) is 2.08. The summed E-state index contributed by atoms with van der Waals surface area (Å²) >= 11 is 0. The summed E-state index contributed by atoms with van der Waals surface area (Å²) in [5.74, 6) is 0.815. The Morgan fingerprint density at radius 3 is 2.38 bits per heavy atom. The minimum Gasteiger partial charge on any atom is -0.489 e. The molecule has 0 aliphatic rings. The van der Waals surface area contributed by atoms with Crippen LogP contribution < -0.4 is 4.74 Å². The summed E-state index contributed by atoms with van der Waals surface area (Å²) in [5.41, 5.74) is 2.81. The van der Waals surface area contributed by atoms with Gasteiger partial charge in [-0.25, -0.2) is 0 Å². The van der Waals surface area contributed by atoms with Crippen molar-refractivity contribution in [1.82, 2.24) is 0 Å². The van der Waals surface area contributed by atoms with E-state index in [0.29, 0.717) is 6.61 Å². The highest BCUT2D eigenvalue weighted by atomic mass is 16.5. The minimum absolute atomic E-state index is 0.553. The molecule has 2 aromatic rings. The average molecular weight is 283 g/mol. The van der Waals surface area contributed by atoms with Crippen molar-refractivity contribution in [3.05, 3.63) is 65.7 Å². The molecule has 0 atom stereocenters. The van der Waals surface area contributed by atoms with Crippen LogP contribution in [0.4, 0.5) is 0 Å². The van der Waals surface area contributed by atoms with Crippen LogP contribution in [-0.2, 0) is 6.61 Å². The van der Waals surface area contributed by atoms with Crippen LogP contribution in [0.2, 0.25) is 0 Å². The Morgan fingerprint density at radius 2 is 1.76 bits per heavy atom. The van der Waals surface area contributed by atoms with E-state index in [1.54, 1.807) is 0 Å². The van der Waals surface area contributed by atoms with Crippen molar-refractivity contribution in [3.63, 3.8) is 0 Å². The Labute approximate surface area is 125 Å². The van der Waals surface area contributed by atoms with Crippen molar-refractivity contribution in [3.8, 4) is 5.75 Å². The Hall–Kier alpha value is -2.29. The quantitative estimate of drug-likeness (QED) is 0.457. The van der Waals surface area contributed by atoms with Crippen LogP contribution in [0, 0.1) is 0 Å². The maximum Gasteiger partial charge on any atom is 0.119 e. The summed E-state index contributed by atoms with van der Waals surface area (Å²) in [7, 11) is 0. The zero-order valence-electron chi connectivity index (χ0n) is 12.3. The van der Waals surface area contributed by atoms with Crippen LogP contribution in [0.25, 0.3) is 0 Å². The molecule has 0 saturated heterocycles. The second-order valence-corrected chi connectivity index (χ2v) is 4.95. The standard InChI is InChI=1S/C18H21NO2/c1-2-3-9-18(19-20)16-10-12-17(13-11-16)21-14-15-7-5-4-6-8-15/h4-8,10-13,20H,2-3,9,14H2,1H3. The van der Waals surface area contributed by atoms with Crippen LogP contribution in [0.3, 0.4) is 0 Å². The second kappa shape index (κ2) is 8.10. The normalized spacial score (nSPS) is 11.4. The van der Waals surface area contributed by atoms with Gasteiger partial charge in [0, 0.05) is 0 Å². The SMILES string of the molecule is CCCCC(=NO)c1ccc(OCc2ccccc2)cc1. The summed E-state index contributed by atoms with van der Waals surface area (Å²) in [6.45, 7) is 2.67. The zero-order chi connectivity index (χ0) is 14.9. The molecular formula is C18H21NO2. The highest BCUT2D eigenvalue weighted by Crippen LogP contribution is 2.16. The van der Waals surface area contributed by atoms with E-state index < -0.39 is 0 Å². The van der Waals surface area contributed by atoms with Gasteiger partial charge in [0.05, 0.1) is 5.71 Å². The zero-order valence-corrected chi connectivity index (χ0v) is 12.3. The van der Waals surface area contributed by atoms with Crippen molar-refractivity contribution in [2.45, 2.75) is 32.8 Å². The van der Waals surface area contributed by atoms with Crippen LogP contribution in [-0.4, -0.2) is 10.9 Å². The van der Waals surface area contributed by atoms with Gasteiger partial charge in [-0.1, -0.05) is 48.8 Å². The molecular weight excluding hydrogens is 262 g/mol. The molecule has 21 heavy (non-hydrogen) atoms. The lowest BCUT2D eigenvalue weighted by atomic mass is 10.0. The number of hydrogen-bond acceptors (Lipinski definition) is 3. The summed E-state index contributed by atoms with van der Waals surface area (Å²) in [6.07, 6.45) is 2.89. The number of nitrogens with zero attached hydrogens (tertiary/aromatic N) is 1. The van der Waals surface area contributed by atoms with Gasteiger partial charge in [-0.05, 0) is 48.2 Å². The third-order valence-corrected chi connectivity index (χ3v) is 3.32. The van der Waals surface area contributed by atoms with Crippen molar-refractivity contribution in [2.24, 2.45) is 5.16 Å². The number of rotatable bonds is 7. The van der Waals surface area contributed by atoms with E-state index in [1.807, 2.05) is 54.6 Å². The molecule has 0 fully saturated rings. The molecule has 0 unspecified atom stereocenters. The number of benzene rings is 2. The number of hydrogen-bond donors (Lipinski definition) is 1. The summed E-state index contributed by atoms with van der Waals surface area (Å²) < 4.78 is 5.74. The Morgan fingerprint density at radius 1 is 1.05 bits per heavy atom. The van der Waals surface area contributed by atoms with Gasteiger partial charge in [0.25, 0.3) is 0 Å². The molecule has 110 valence electrons. The Balaban J connectivity index is 1.95. The van der Waals surface area contributed by atoms with E-state index in [4.69, 9.17) is 9.94 Å². The van der Waals surface area contributed by atoms with Crippen molar-refractivity contribution in [1.29, 1.82) is 0 Å². The van der Waals surface area contributed by atoms with Gasteiger partial charge < -0.3 is 9.94 Å². The molecule has 3 heteroatoms. The van der Waals surface area contributed by atoms with Crippen molar-refractivity contribution < 1.29 is 9.94 Å². The fourth-order valence-electron chi connectivity index (χ4n) is 2.08. The first-order valence-corrected chi connectivity index (χ1v) is 7.31. The third-order valence-electron chi connectivity index (χ3n) is 3.32. The topological polar surface area (TPSA) is 41.8 Å². The predicted octanol–water partition coefficient (Wildman–Crippen LogP) is 4.63. The van der Waals surface area contributed by atoms with E-state index in [9.17, 15) is 0 Å². The maximum absolute atomic E-state index is 9.08. The molecule has 0 bridgehead atoms. The summed E-state index contributed by atoms with van der Waals surface area (Å²) in [5, 5.41) is 12.5. The van der Waals surface area contributed by atoms with Gasteiger partial charge >= 0.3 is 0 Å². The fraction of sp³-hybridized carbons (Fsp3) is 0.278. The van der Waals surface area contributed by atoms with E-state index >= 15 is 0 Å². The molecule has 0 heterocycles. The lowest BCUT2D eigenvalue weighted by Crippen LogP contribution is -2.01. The second-order valence-electron chi connectivity index (χ2n) is 4.95. The van der Waals surface area contributed by atoms with Crippen LogP contribution in [0.1, 0.15) is 37.3 Å². The van der Waals surface area contributed by atoms with Crippen molar-refractivity contribution >= 4 is 5.71 Å². The molecule has 0 spiro atoms. The molecule has 0 aliphatic carbocycles.